The van der Waals surface area contributed by atoms with Crippen LogP contribution in [0.4, 0.5) is 21.0 Å². The Kier molecular flexibility index (Phi) is 7.95. The number of nitrogens with one attached hydrogen (secondary N) is 3. The summed E-state index contributed by atoms with van der Waals surface area (Å²) in [6.45, 7) is 2.74. The van der Waals surface area contributed by atoms with Gasteiger partial charge in [0.25, 0.3) is 0 Å². The number of unbranched alkanes of at least 4 members (excludes halogenated alkanes) is 2. The lowest BCUT2D eigenvalue weighted by Crippen LogP contribution is -2.29. The van der Waals surface area contributed by atoms with Gasteiger partial charge in [-0.1, -0.05) is 19.8 Å². The van der Waals surface area contributed by atoms with E-state index in [4.69, 9.17) is 14.6 Å². The maximum absolute atomic E-state index is 11.9. The van der Waals surface area contributed by atoms with Crippen molar-refractivity contribution in [2.75, 3.05) is 24.3 Å². The van der Waals surface area contributed by atoms with E-state index in [1.54, 1.807) is 42.5 Å². The van der Waals surface area contributed by atoms with Crippen LogP contribution in [0, 0.1) is 0 Å². The van der Waals surface area contributed by atoms with Crippen LogP contribution >= 0.6 is 0 Å². The normalized spacial score (nSPS) is 10.1. The van der Waals surface area contributed by atoms with E-state index in [1.807, 2.05) is 0 Å². The van der Waals surface area contributed by atoms with Crippen molar-refractivity contribution >= 4 is 23.5 Å². The highest BCUT2D eigenvalue weighted by Crippen LogP contribution is 2.34. The number of hydrogen-bond acceptors (Lipinski definition) is 4. The van der Waals surface area contributed by atoms with Crippen LogP contribution in [0.3, 0.4) is 0 Å². The standard InChI is InChI=1S/C20H25N3O5/c1-3-4-5-12-21-19(24)22-15-8-11-17(18(13-15)27-2)28-16-9-6-14(7-10-16)23-20(25)26/h6-11,13,23H,3-5,12H2,1-2H3,(H,25,26)(H2,21,22,24). The van der Waals surface area contributed by atoms with Crippen LogP contribution in [0.25, 0.3) is 0 Å². The number of rotatable bonds is 9. The van der Waals surface area contributed by atoms with Gasteiger partial charge >= 0.3 is 12.1 Å². The van der Waals surface area contributed by atoms with Gasteiger partial charge in [-0.3, -0.25) is 5.32 Å². The zero-order valence-electron chi connectivity index (χ0n) is 16.0. The highest BCUT2D eigenvalue weighted by molar-refractivity contribution is 5.89. The minimum Gasteiger partial charge on any atom is -0.493 e. The molecule has 0 radical (unpaired) electrons. The van der Waals surface area contributed by atoms with Gasteiger partial charge in [0.15, 0.2) is 11.5 Å². The second kappa shape index (κ2) is 10.7. The molecule has 0 atom stereocenters. The molecule has 2 aromatic carbocycles. The average Bonchev–Trinajstić information content (AvgIpc) is 2.67. The quantitative estimate of drug-likeness (QED) is 0.458. The van der Waals surface area contributed by atoms with Crippen LogP contribution in [0.5, 0.6) is 17.2 Å². The number of amides is 3. The fourth-order valence-electron chi connectivity index (χ4n) is 2.44. The first-order chi connectivity index (χ1) is 13.5. The van der Waals surface area contributed by atoms with Crippen LogP contribution in [-0.4, -0.2) is 30.9 Å². The average molecular weight is 387 g/mol. The minimum atomic E-state index is -1.13. The smallest absolute Gasteiger partial charge is 0.409 e. The molecule has 8 nitrogen and oxygen atoms in total. The van der Waals surface area contributed by atoms with Gasteiger partial charge in [-0.2, -0.15) is 0 Å². The second-order valence-corrected chi connectivity index (χ2v) is 6.01. The number of carbonyl (C=O) groups excluding carboxylic acids is 1. The monoisotopic (exact) mass is 387 g/mol. The summed E-state index contributed by atoms with van der Waals surface area (Å²) < 4.78 is 11.1. The maximum atomic E-state index is 11.9. The molecule has 0 aromatic heterocycles. The zero-order chi connectivity index (χ0) is 20.4. The van der Waals surface area contributed by atoms with E-state index >= 15 is 0 Å². The molecule has 0 heterocycles. The van der Waals surface area contributed by atoms with Gasteiger partial charge in [0.05, 0.1) is 7.11 Å². The van der Waals surface area contributed by atoms with Gasteiger partial charge < -0.3 is 25.2 Å². The van der Waals surface area contributed by atoms with E-state index in [-0.39, 0.29) is 6.03 Å². The summed E-state index contributed by atoms with van der Waals surface area (Å²) >= 11 is 0. The number of anilines is 2. The Bertz CT molecular complexity index is 793. The molecule has 0 unspecified atom stereocenters. The molecule has 2 aromatic rings. The number of benzene rings is 2. The van der Waals surface area contributed by atoms with E-state index < -0.39 is 6.09 Å². The van der Waals surface area contributed by atoms with Gasteiger partial charge in [0, 0.05) is 24.0 Å². The third-order valence-electron chi connectivity index (χ3n) is 3.82. The zero-order valence-corrected chi connectivity index (χ0v) is 16.0. The molecule has 4 N–H and O–H groups in total. The lowest BCUT2D eigenvalue weighted by molar-refractivity contribution is 0.209. The summed E-state index contributed by atoms with van der Waals surface area (Å²) in [6, 6.07) is 11.3. The van der Waals surface area contributed by atoms with Gasteiger partial charge in [-0.15, -0.1) is 0 Å². The van der Waals surface area contributed by atoms with Crippen molar-refractivity contribution in [3.8, 4) is 17.2 Å². The lowest BCUT2D eigenvalue weighted by atomic mass is 10.2. The molecule has 0 saturated carbocycles. The summed E-state index contributed by atoms with van der Waals surface area (Å²) in [5.74, 6) is 1.44. The Balaban J connectivity index is 1.98. The summed E-state index contributed by atoms with van der Waals surface area (Å²) in [7, 11) is 1.51. The van der Waals surface area contributed by atoms with Crippen LogP contribution < -0.4 is 25.4 Å². The van der Waals surface area contributed by atoms with Crippen molar-refractivity contribution in [2.45, 2.75) is 26.2 Å². The molecule has 0 spiro atoms. The predicted molar refractivity (Wildman–Crippen MR) is 108 cm³/mol. The SMILES string of the molecule is CCCCCNC(=O)Nc1ccc(Oc2ccc(NC(=O)O)cc2)c(OC)c1. The number of carbonyl (C=O) groups is 2. The third kappa shape index (κ3) is 6.71. The largest absolute Gasteiger partial charge is 0.493 e. The summed E-state index contributed by atoms with van der Waals surface area (Å²) in [4.78, 5) is 22.5. The topological polar surface area (TPSA) is 109 Å². The van der Waals surface area contributed by atoms with Crippen LogP contribution in [0.15, 0.2) is 42.5 Å². The van der Waals surface area contributed by atoms with E-state index in [0.29, 0.717) is 35.2 Å². The third-order valence-corrected chi connectivity index (χ3v) is 3.82. The van der Waals surface area contributed by atoms with Gasteiger partial charge in [-0.25, -0.2) is 9.59 Å². The number of methoxy groups -OCH3 is 1. The van der Waals surface area contributed by atoms with Crippen molar-refractivity contribution in [1.29, 1.82) is 0 Å². The van der Waals surface area contributed by atoms with E-state index in [1.165, 1.54) is 7.11 Å². The number of carboxylic acid groups (broad SMARTS) is 1. The van der Waals surface area contributed by atoms with E-state index in [9.17, 15) is 9.59 Å². The summed E-state index contributed by atoms with van der Waals surface area (Å²) in [6.07, 6.45) is 1.99. The summed E-state index contributed by atoms with van der Waals surface area (Å²) in [5, 5.41) is 16.5. The minimum absolute atomic E-state index is 0.270. The first kappa shape index (κ1) is 20.9. The molecule has 150 valence electrons. The molecule has 0 saturated heterocycles. The molecule has 0 aliphatic heterocycles. The molecular weight excluding hydrogens is 362 g/mol. The Labute approximate surface area is 163 Å². The fraction of sp³-hybridized carbons (Fsp3) is 0.300. The van der Waals surface area contributed by atoms with Crippen molar-refractivity contribution in [1.82, 2.24) is 5.32 Å². The highest BCUT2D eigenvalue weighted by atomic mass is 16.5. The Morgan fingerprint density at radius 1 is 0.964 bits per heavy atom. The number of urea groups is 1. The Hall–Kier alpha value is -3.42. The van der Waals surface area contributed by atoms with Gasteiger partial charge in [-0.05, 0) is 42.8 Å². The van der Waals surface area contributed by atoms with Crippen molar-refractivity contribution in [3.05, 3.63) is 42.5 Å². The van der Waals surface area contributed by atoms with Crippen LogP contribution in [0.1, 0.15) is 26.2 Å². The molecule has 2 rings (SSSR count). The Morgan fingerprint density at radius 2 is 1.68 bits per heavy atom. The van der Waals surface area contributed by atoms with Crippen molar-refractivity contribution in [2.24, 2.45) is 0 Å². The Morgan fingerprint density at radius 3 is 2.32 bits per heavy atom. The lowest BCUT2D eigenvalue weighted by Gasteiger charge is -2.13. The summed E-state index contributed by atoms with van der Waals surface area (Å²) in [5.41, 5.74) is 1.02. The second-order valence-electron chi connectivity index (χ2n) is 6.01. The van der Waals surface area contributed by atoms with Crippen LogP contribution in [-0.2, 0) is 0 Å². The van der Waals surface area contributed by atoms with E-state index in [0.717, 1.165) is 19.3 Å². The molecule has 3 amide bonds. The maximum Gasteiger partial charge on any atom is 0.409 e. The molecule has 28 heavy (non-hydrogen) atoms. The first-order valence-corrected chi connectivity index (χ1v) is 9.02. The van der Waals surface area contributed by atoms with Crippen molar-refractivity contribution in [3.63, 3.8) is 0 Å². The van der Waals surface area contributed by atoms with Gasteiger partial charge in [0.1, 0.15) is 5.75 Å². The highest BCUT2D eigenvalue weighted by Gasteiger charge is 2.09. The molecule has 0 aliphatic carbocycles. The van der Waals surface area contributed by atoms with Gasteiger partial charge in [0.2, 0.25) is 0 Å². The number of ether oxygens (including phenoxy) is 2. The molecule has 0 fully saturated rings. The molecule has 0 bridgehead atoms. The fourth-order valence-corrected chi connectivity index (χ4v) is 2.44. The first-order valence-electron chi connectivity index (χ1n) is 9.02. The molecule has 0 aliphatic rings. The molecular formula is C20H25N3O5. The number of hydrogen-bond donors (Lipinski definition) is 4. The molecule has 8 heteroatoms. The van der Waals surface area contributed by atoms with Crippen LogP contribution in [0.2, 0.25) is 0 Å². The van der Waals surface area contributed by atoms with Crippen molar-refractivity contribution < 1.29 is 24.2 Å². The van der Waals surface area contributed by atoms with E-state index in [2.05, 4.69) is 22.9 Å². The predicted octanol–water partition coefficient (Wildman–Crippen LogP) is 4.89.